The molecular weight excluding hydrogens is 150 g/mol. The monoisotopic (exact) mass is 165 g/mol. The van der Waals surface area contributed by atoms with Gasteiger partial charge in [0.15, 0.2) is 0 Å². The van der Waals surface area contributed by atoms with Gasteiger partial charge in [0.25, 0.3) is 0 Å². The fourth-order valence-electron chi connectivity index (χ4n) is 1.34. The Morgan fingerprint density at radius 1 is 1.50 bits per heavy atom. The van der Waals surface area contributed by atoms with E-state index in [9.17, 15) is 0 Å². The summed E-state index contributed by atoms with van der Waals surface area (Å²) in [6.45, 7) is 2.10. The van der Waals surface area contributed by atoms with Gasteiger partial charge in [-0.3, -0.25) is 0 Å². The lowest BCUT2D eigenvalue weighted by molar-refractivity contribution is 0.557. The fraction of sp³-hybridized carbons (Fsp3) is 0.600. The van der Waals surface area contributed by atoms with Gasteiger partial charge < -0.3 is 9.73 Å². The first-order valence-corrected chi connectivity index (χ1v) is 4.67. The summed E-state index contributed by atoms with van der Waals surface area (Å²) < 4.78 is 4.96. The van der Waals surface area contributed by atoms with Gasteiger partial charge in [-0.25, -0.2) is 0 Å². The molecule has 0 saturated heterocycles. The molecule has 1 fully saturated rings. The summed E-state index contributed by atoms with van der Waals surface area (Å²) in [4.78, 5) is 0. The minimum Gasteiger partial charge on any atom is -0.472 e. The van der Waals surface area contributed by atoms with Crippen LogP contribution >= 0.6 is 0 Å². The third-order valence-corrected chi connectivity index (χ3v) is 2.34. The van der Waals surface area contributed by atoms with E-state index in [1.165, 1.54) is 24.8 Å². The van der Waals surface area contributed by atoms with Crippen LogP contribution in [0, 0.1) is 5.92 Å². The highest BCUT2D eigenvalue weighted by Crippen LogP contribution is 2.31. The van der Waals surface area contributed by atoms with Crippen molar-refractivity contribution in [1.82, 2.24) is 5.32 Å². The van der Waals surface area contributed by atoms with Crippen LogP contribution in [0.25, 0.3) is 0 Å². The van der Waals surface area contributed by atoms with Crippen LogP contribution in [0.4, 0.5) is 0 Å². The lowest BCUT2D eigenvalue weighted by Crippen LogP contribution is -2.14. The summed E-state index contributed by atoms with van der Waals surface area (Å²) in [7, 11) is 0. The maximum atomic E-state index is 4.96. The van der Waals surface area contributed by atoms with Gasteiger partial charge >= 0.3 is 0 Å². The molecular formula is C10H15NO. The Labute approximate surface area is 73.0 Å². The highest BCUT2D eigenvalue weighted by molar-refractivity contribution is 5.04. The van der Waals surface area contributed by atoms with E-state index in [1.54, 1.807) is 12.5 Å². The molecule has 0 atom stereocenters. The number of nitrogens with one attached hydrogen (secondary N) is 1. The molecule has 1 aliphatic carbocycles. The molecule has 2 rings (SSSR count). The van der Waals surface area contributed by atoms with Gasteiger partial charge in [0, 0.05) is 12.1 Å². The second kappa shape index (κ2) is 3.76. The first-order valence-electron chi connectivity index (χ1n) is 4.67. The van der Waals surface area contributed by atoms with Gasteiger partial charge in [-0.15, -0.1) is 0 Å². The van der Waals surface area contributed by atoms with Crippen molar-refractivity contribution in [2.24, 2.45) is 5.92 Å². The van der Waals surface area contributed by atoms with Crippen molar-refractivity contribution in [3.05, 3.63) is 24.2 Å². The summed E-state index contributed by atoms with van der Waals surface area (Å²) in [5.74, 6) is 1.03. The molecule has 1 heterocycles. The van der Waals surface area contributed by atoms with Crippen LogP contribution in [0.1, 0.15) is 24.8 Å². The number of rotatable bonds is 5. The molecule has 1 aliphatic rings. The first kappa shape index (κ1) is 7.87. The van der Waals surface area contributed by atoms with Gasteiger partial charge in [0.05, 0.1) is 12.5 Å². The van der Waals surface area contributed by atoms with Crippen LogP contribution in [-0.2, 0) is 6.54 Å². The Bertz CT molecular complexity index is 214. The molecule has 0 unspecified atom stereocenters. The molecule has 0 spiro atoms. The number of hydrogen-bond acceptors (Lipinski definition) is 2. The predicted octanol–water partition coefficient (Wildman–Crippen LogP) is 2.17. The average Bonchev–Trinajstić information content (AvgIpc) is 2.76. The summed E-state index contributed by atoms with van der Waals surface area (Å²) in [6, 6.07) is 2.00. The SMILES string of the molecule is c1cc(CNCCC2CC2)co1. The fourth-order valence-corrected chi connectivity index (χ4v) is 1.34. The Balaban J connectivity index is 1.56. The number of furan rings is 1. The zero-order chi connectivity index (χ0) is 8.23. The smallest absolute Gasteiger partial charge is 0.0947 e. The predicted molar refractivity (Wildman–Crippen MR) is 47.8 cm³/mol. The summed E-state index contributed by atoms with van der Waals surface area (Å²) in [6.07, 6.45) is 7.76. The molecule has 0 aliphatic heterocycles. The molecule has 0 amide bonds. The van der Waals surface area contributed by atoms with Crippen molar-refractivity contribution in [2.75, 3.05) is 6.54 Å². The minimum absolute atomic E-state index is 0.948. The Morgan fingerprint density at radius 2 is 2.42 bits per heavy atom. The van der Waals surface area contributed by atoms with E-state index in [4.69, 9.17) is 4.42 Å². The van der Waals surface area contributed by atoms with Crippen molar-refractivity contribution < 1.29 is 4.42 Å². The zero-order valence-electron chi connectivity index (χ0n) is 7.25. The maximum absolute atomic E-state index is 4.96. The highest BCUT2D eigenvalue weighted by Gasteiger charge is 2.19. The topological polar surface area (TPSA) is 25.2 Å². The normalized spacial score (nSPS) is 16.7. The van der Waals surface area contributed by atoms with Crippen molar-refractivity contribution in [3.8, 4) is 0 Å². The van der Waals surface area contributed by atoms with Gasteiger partial charge in [-0.05, 0) is 24.9 Å². The van der Waals surface area contributed by atoms with E-state index in [1.807, 2.05) is 6.07 Å². The summed E-state index contributed by atoms with van der Waals surface area (Å²) >= 11 is 0. The van der Waals surface area contributed by atoms with E-state index >= 15 is 0 Å². The third kappa shape index (κ3) is 2.38. The average molecular weight is 165 g/mol. The minimum atomic E-state index is 0.948. The van der Waals surface area contributed by atoms with Crippen LogP contribution in [0.3, 0.4) is 0 Å². The molecule has 2 nitrogen and oxygen atoms in total. The molecule has 1 aromatic rings. The molecule has 0 radical (unpaired) electrons. The highest BCUT2D eigenvalue weighted by atomic mass is 16.3. The van der Waals surface area contributed by atoms with Crippen molar-refractivity contribution in [2.45, 2.75) is 25.8 Å². The van der Waals surface area contributed by atoms with E-state index < -0.39 is 0 Å². The van der Waals surface area contributed by atoms with E-state index in [-0.39, 0.29) is 0 Å². The molecule has 12 heavy (non-hydrogen) atoms. The van der Waals surface area contributed by atoms with E-state index in [2.05, 4.69) is 5.32 Å². The summed E-state index contributed by atoms with van der Waals surface area (Å²) in [5, 5.41) is 3.40. The van der Waals surface area contributed by atoms with Crippen molar-refractivity contribution in [3.63, 3.8) is 0 Å². The molecule has 1 aromatic heterocycles. The molecule has 1 N–H and O–H groups in total. The third-order valence-electron chi connectivity index (χ3n) is 2.34. The van der Waals surface area contributed by atoms with Gasteiger partial charge in [0.1, 0.15) is 0 Å². The molecule has 1 saturated carbocycles. The van der Waals surface area contributed by atoms with Crippen molar-refractivity contribution >= 4 is 0 Å². The van der Waals surface area contributed by atoms with E-state index in [0.717, 1.165) is 19.0 Å². The van der Waals surface area contributed by atoms with Crippen LogP contribution in [0.15, 0.2) is 23.0 Å². The Kier molecular flexibility index (Phi) is 2.47. The van der Waals surface area contributed by atoms with Gasteiger partial charge in [0.2, 0.25) is 0 Å². The Morgan fingerprint density at radius 3 is 3.08 bits per heavy atom. The molecule has 0 aromatic carbocycles. The van der Waals surface area contributed by atoms with Gasteiger partial charge in [-0.1, -0.05) is 12.8 Å². The standard InChI is InChI=1S/C10H15NO/c1-2-9(1)3-5-11-7-10-4-6-12-8-10/h4,6,8-9,11H,1-3,5,7H2. The second-order valence-corrected chi connectivity index (χ2v) is 3.54. The first-order chi connectivity index (χ1) is 5.95. The number of hydrogen-bond donors (Lipinski definition) is 1. The van der Waals surface area contributed by atoms with Crippen LogP contribution in [0.2, 0.25) is 0 Å². The molecule has 2 heteroatoms. The quantitative estimate of drug-likeness (QED) is 0.676. The van der Waals surface area contributed by atoms with Crippen LogP contribution < -0.4 is 5.32 Å². The second-order valence-electron chi connectivity index (χ2n) is 3.54. The van der Waals surface area contributed by atoms with E-state index in [0.29, 0.717) is 0 Å². The van der Waals surface area contributed by atoms with Gasteiger partial charge in [-0.2, -0.15) is 0 Å². The molecule has 66 valence electrons. The molecule has 0 bridgehead atoms. The summed E-state index contributed by atoms with van der Waals surface area (Å²) in [5.41, 5.74) is 1.24. The van der Waals surface area contributed by atoms with Crippen LogP contribution in [0.5, 0.6) is 0 Å². The lowest BCUT2D eigenvalue weighted by Gasteiger charge is -2.00. The largest absolute Gasteiger partial charge is 0.472 e. The Hall–Kier alpha value is -0.760. The maximum Gasteiger partial charge on any atom is 0.0947 e. The van der Waals surface area contributed by atoms with Crippen molar-refractivity contribution in [1.29, 1.82) is 0 Å². The zero-order valence-corrected chi connectivity index (χ0v) is 7.25. The lowest BCUT2D eigenvalue weighted by atomic mass is 10.3. The van der Waals surface area contributed by atoms with Crippen LogP contribution in [-0.4, -0.2) is 6.54 Å².